The maximum absolute atomic E-state index is 10.5. The van der Waals surface area contributed by atoms with Gasteiger partial charge in [-0.1, -0.05) is 60.7 Å². The summed E-state index contributed by atoms with van der Waals surface area (Å²) in [7, 11) is 0. The third-order valence-corrected chi connectivity index (χ3v) is 3.42. The van der Waals surface area contributed by atoms with E-state index in [9.17, 15) is 19.2 Å². The monoisotopic (exact) mass is 402 g/mol. The van der Waals surface area contributed by atoms with Gasteiger partial charge in [0.15, 0.2) is 0 Å². The highest BCUT2D eigenvalue weighted by Crippen LogP contribution is 2.06. The average molecular weight is 402 g/mol. The maximum Gasteiger partial charge on any atom is 0.320 e. The molecule has 8 nitrogen and oxygen atoms in total. The number of ether oxygens (including phenoxy) is 2. The van der Waals surface area contributed by atoms with E-state index >= 15 is 0 Å². The topological polar surface area (TPSA) is 127 Å². The largest absolute Gasteiger partial charge is 0.481 e. The molecule has 0 fully saturated rings. The second-order valence-corrected chi connectivity index (χ2v) is 5.76. The van der Waals surface area contributed by atoms with Gasteiger partial charge in [-0.25, -0.2) is 0 Å². The number of aliphatic carboxylic acids is 2. The van der Waals surface area contributed by atoms with Crippen molar-refractivity contribution in [3.8, 4) is 0 Å². The molecule has 0 unspecified atom stereocenters. The highest BCUT2D eigenvalue weighted by atomic mass is 16.7. The van der Waals surface area contributed by atoms with Gasteiger partial charge >= 0.3 is 23.9 Å². The number of carbonyl (C=O) groups is 4. The summed E-state index contributed by atoms with van der Waals surface area (Å²) in [6, 6.07) is 21.2. The Morgan fingerprint density at radius 1 is 0.621 bits per heavy atom. The number of benzene rings is 2. The van der Waals surface area contributed by atoms with Gasteiger partial charge in [-0.15, -0.1) is 0 Å². The lowest BCUT2D eigenvalue weighted by molar-refractivity contribution is -0.169. The van der Waals surface area contributed by atoms with Crippen LogP contribution in [0.5, 0.6) is 0 Å². The quantitative estimate of drug-likeness (QED) is 0.372. The zero-order valence-electron chi connectivity index (χ0n) is 15.7. The van der Waals surface area contributed by atoms with Gasteiger partial charge in [-0.05, 0) is 24.0 Å². The molecule has 0 atom stereocenters. The lowest BCUT2D eigenvalue weighted by Crippen LogP contribution is -2.16. The van der Waals surface area contributed by atoms with Gasteiger partial charge in [0.05, 0.1) is 0 Å². The van der Waals surface area contributed by atoms with Crippen LogP contribution < -0.4 is 0 Å². The van der Waals surface area contributed by atoms with Crippen molar-refractivity contribution in [2.24, 2.45) is 0 Å². The van der Waals surface area contributed by atoms with Crippen LogP contribution in [0.4, 0.5) is 0 Å². The zero-order chi connectivity index (χ0) is 21.5. The number of esters is 2. The number of carboxylic acids is 2. The third-order valence-electron chi connectivity index (χ3n) is 3.42. The van der Waals surface area contributed by atoms with Crippen molar-refractivity contribution in [1.82, 2.24) is 0 Å². The van der Waals surface area contributed by atoms with Crippen LogP contribution in [0.2, 0.25) is 0 Å². The highest BCUT2D eigenvalue weighted by Gasteiger charge is 2.12. The third kappa shape index (κ3) is 12.4. The molecule has 0 amide bonds. The minimum Gasteiger partial charge on any atom is -0.481 e. The highest BCUT2D eigenvalue weighted by molar-refractivity contribution is 5.91. The Balaban J connectivity index is 0.000000290. The van der Waals surface area contributed by atoms with E-state index in [0.717, 1.165) is 12.8 Å². The van der Waals surface area contributed by atoms with Crippen molar-refractivity contribution < 1.29 is 38.9 Å². The Morgan fingerprint density at radius 3 is 1.28 bits per heavy atom. The van der Waals surface area contributed by atoms with Crippen molar-refractivity contribution in [2.75, 3.05) is 6.79 Å². The van der Waals surface area contributed by atoms with Crippen LogP contribution in [-0.2, 0) is 41.5 Å². The van der Waals surface area contributed by atoms with E-state index in [2.05, 4.69) is 70.1 Å². The van der Waals surface area contributed by atoms with Crippen LogP contribution in [0.3, 0.4) is 0 Å². The molecule has 2 rings (SSSR count). The molecule has 0 saturated carbocycles. The SMILES string of the molecule is O=C(O)CC(=O)OCOC(=O)CC(=O)O.c1ccc(CCc2ccccc2)cc1. The number of rotatable bonds is 9. The molecule has 0 heterocycles. The van der Waals surface area contributed by atoms with E-state index in [4.69, 9.17) is 10.2 Å². The van der Waals surface area contributed by atoms with Gasteiger partial charge in [0.1, 0.15) is 12.8 Å². The Kier molecular flexibility index (Phi) is 10.9. The fourth-order valence-electron chi connectivity index (χ4n) is 2.09. The molecular weight excluding hydrogens is 380 g/mol. The molecule has 0 spiro atoms. The number of aryl methyl sites for hydroxylation is 2. The standard InChI is InChI=1S/C14H14.C7H8O8/c1-3-7-13(8-4-1)11-12-14-9-5-2-6-10-14;8-4(9)1-6(12)14-3-15-7(13)2-5(10)11/h1-10H,11-12H2;1-3H2,(H,8,9)(H,10,11). The van der Waals surface area contributed by atoms with Gasteiger partial charge in [-0.2, -0.15) is 0 Å². The summed E-state index contributed by atoms with van der Waals surface area (Å²) < 4.78 is 8.30. The summed E-state index contributed by atoms with van der Waals surface area (Å²) in [6.07, 6.45) is 0.558. The predicted molar refractivity (Wildman–Crippen MR) is 102 cm³/mol. The maximum atomic E-state index is 10.5. The molecule has 154 valence electrons. The van der Waals surface area contributed by atoms with Gasteiger partial charge in [0.25, 0.3) is 0 Å². The number of carbonyl (C=O) groups excluding carboxylic acids is 2. The predicted octanol–water partition coefficient (Wildman–Crippen LogP) is 2.45. The van der Waals surface area contributed by atoms with Crippen molar-refractivity contribution in [1.29, 1.82) is 0 Å². The van der Waals surface area contributed by atoms with E-state index in [1.165, 1.54) is 11.1 Å². The lowest BCUT2D eigenvalue weighted by atomic mass is 10.0. The molecule has 0 saturated heterocycles. The molecule has 8 heteroatoms. The summed E-state index contributed by atoms with van der Waals surface area (Å²) in [5, 5.41) is 16.3. The summed E-state index contributed by atoms with van der Waals surface area (Å²) in [6.45, 7) is -0.793. The van der Waals surface area contributed by atoms with E-state index < -0.39 is 43.5 Å². The fourth-order valence-corrected chi connectivity index (χ4v) is 2.09. The first-order valence-electron chi connectivity index (χ1n) is 8.69. The summed E-state index contributed by atoms with van der Waals surface area (Å²) >= 11 is 0. The van der Waals surface area contributed by atoms with Crippen LogP contribution in [0, 0.1) is 0 Å². The van der Waals surface area contributed by atoms with Crippen molar-refractivity contribution in [3.63, 3.8) is 0 Å². The van der Waals surface area contributed by atoms with E-state index in [-0.39, 0.29) is 0 Å². The first-order valence-corrected chi connectivity index (χ1v) is 8.69. The Labute approximate surface area is 167 Å². The van der Waals surface area contributed by atoms with Crippen LogP contribution in [-0.4, -0.2) is 40.9 Å². The van der Waals surface area contributed by atoms with Crippen molar-refractivity contribution in [2.45, 2.75) is 25.7 Å². The second kappa shape index (κ2) is 13.5. The van der Waals surface area contributed by atoms with Crippen molar-refractivity contribution >= 4 is 23.9 Å². The molecule has 0 aliphatic rings. The first kappa shape index (κ1) is 23.4. The van der Waals surface area contributed by atoms with E-state index in [1.54, 1.807) is 0 Å². The summed E-state index contributed by atoms with van der Waals surface area (Å²) in [5.41, 5.74) is 2.83. The Bertz CT molecular complexity index is 719. The van der Waals surface area contributed by atoms with Gasteiger partial charge in [0.2, 0.25) is 6.79 Å². The van der Waals surface area contributed by atoms with Gasteiger partial charge < -0.3 is 19.7 Å². The van der Waals surface area contributed by atoms with Crippen LogP contribution in [0.1, 0.15) is 24.0 Å². The molecule has 0 aromatic heterocycles. The molecule has 0 aliphatic heterocycles. The molecule has 0 radical (unpaired) electrons. The second-order valence-electron chi connectivity index (χ2n) is 5.76. The Morgan fingerprint density at radius 2 is 0.966 bits per heavy atom. The van der Waals surface area contributed by atoms with Crippen LogP contribution in [0.15, 0.2) is 60.7 Å². The summed E-state index contributed by atoms with van der Waals surface area (Å²) in [4.78, 5) is 41.0. The molecule has 2 N–H and O–H groups in total. The average Bonchev–Trinajstić information content (AvgIpc) is 2.67. The van der Waals surface area contributed by atoms with Crippen molar-refractivity contribution in [3.05, 3.63) is 71.8 Å². The molecule has 2 aromatic carbocycles. The lowest BCUT2D eigenvalue weighted by Gasteiger charge is -2.03. The summed E-state index contributed by atoms with van der Waals surface area (Å²) in [5.74, 6) is -4.91. The molecular formula is C21H22O8. The first-order chi connectivity index (χ1) is 13.9. The van der Waals surface area contributed by atoms with E-state index in [0.29, 0.717) is 0 Å². The number of hydrogen-bond acceptors (Lipinski definition) is 6. The minimum atomic E-state index is -1.38. The molecule has 29 heavy (non-hydrogen) atoms. The molecule has 2 aromatic rings. The normalized spacial score (nSPS) is 9.52. The molecule has 0 bridgehead atoms. The van der Waals surface area contributed by atoms with Gasteiger partial charge in [-0.3, -0.25) is 19.2 Å². The number of carboxylic acid groups (broad SMARTS) is 2. The van der Waals surface area contributed by atoms with Crippen LogP contribution >= 0.6 is 0 Å². The minimum absolute atomic E-state index is 0.793. The van der Waals surface area contributed by atoms with Gasteiger partial charge in [0, 0.05) is 0 Å². The fraction of sp³-hybridized carbons (Fsp3) is 0.238. The van der Waals surface area contributed by atoms with E-state index in [1.807, 2.05) is 0 Å². The zero-order valence-corrected chi connectivity index (χ0v) is 15.7. The number of hydrogen-bond donors (Lipinski definition) is 2. The molecule has 0 aliphatic carbocycles. The van der Waals surface area contributed by atoms with Crippen LogP contribution in [0.25, 0.3) is 0 Å². The Hall–Kier alpha value is -3.68. The smallest absolute Gasteiger partial charge is 0.320 e.